The SMILES string of the molecule is Cn1nnnc1Sc1ccccc1CN. The zero-order valence-electron chi connectivity index (χ0n) is 8.29. The number of nitrogens with zero attached hydrogens (tertiary/aromatic N) is 4. The van der Waals surface area contributed by atoms with Crippen LogP contribution in [0.4, 0.5) is 0 Å². The molecule has 0 aliphatic heterocycles. The molecule has 0 aliphatic rings. The van der Waals surface area contributed by atoms with E-state index in [1.54, 1.807) is 4.68 Å². The van der Waals surface area contributed by atoms with E-state index in [0.717, 1.165) is 15.6 Å². The lowest BCUT2D eigenvalue weighted by Gasteiger charge is -2.04. The normalized spacial score (nSPS) is 10.5. The fourth-order valence-corrected chi connectivity index (χ4v) is 2.05. The Labute approximate surface area is 91.7 Å². The van der Waals surface area contributed by atoms with Gasteiger partial charge in [-0.2, -0.15) is 0 Å². The second-order valence-corrected chi connectivity index (χ2v) is 4.01. The van der Waals surface area contributed by atoms with Gasteiger partial charge in [-0.15, -0.1) is 5.10 Å². The summed E-state index contributed by atoms with van der Waals surface area (Å²) in [6, 6.07) is 7.97. The molecule has 2 N–H and O–H groups in total. The van der Waals surface area contributed by atoms with Crippen molar-refractivity contribution in [2.45, 2.75) is 16.6 Å². The predicted octanol–water partition coefficient (Wildman–Crippen LogP) is 0.820. The molecule has 1 aromatic heterocycles. The molecule has 0 fully saturated rings. The summed E-state index contributed by atoms with van der Waals surface area (Å²) in [5.74, 6) is 0. The highest BCUT2D eigenvalue weighted by Crippen LogP contribution is 2.27. The molecule has 78 valence electrons. The third-order valence-electron chi connectivity index (χ3n) is 1.98. The highest BCUT2D eigenvalue weighted by molar-refractivity contribution is 7.99. The Kier molecular flexibility index (Phi) is 2.98. The quantitative estimate of drug-likeness (QED) is 0.831. The van der Waals surface area contributed by atoms with Gasteiger partial charge in [0.15, 0.2) is 0 Å². The predicted molar refractivity (Wildman–Crippen MR) is 57.3 cm³/mol. The molecule has 1 heterocycles. The van der Waals surface area contributed by atoms with Crippen molar-refractivity contribution in [3.05, 3.63) is 29.8 Å². The van der Waals surface area contributed by atoms with Gasteiger partial charge >= 0.3 is 0 Å². The molecule has 15 heavy (non-hydrogen) atoms. The maximum Gasteiger partial charge on any atom is 0.213 e. The average molecular weight is 221 g/mol. The van der Waals surface area contributed by atoms with Crippen LogP contribution in [-0.2, 0) is 13.6 Å². The summed E-state index contributed by atoms with van der Waals surface area (Å²) in [4.78, 5) is 1.10. The van der Waals surface area contributed by atoms with Gasteiger partial charge in [-0.3, -0.25) is 0 Å². The molecule has 0 saturated heterocycles. The number of rotatable bonds is 3. The number of aromatic nitrogens is 4. The van der Waals surface area contributed by atoms with Gasteiger partial charge in [-0.25, -0.2) is 4.68 Å². The molecule has 2 aromatic rings. The molecule has 0 saturated carbocycles. The Morgan fingerprint density at radius 3 is 2.87 bits per heavy atom. The number of benzene rings is 1. The van der Waals surface area contributed by atoms with E-state index in [1.165, 1.54) is 11.8 Å². The molecule has 0 unspecified atom stereocenters. The van der Waals surface area contributed by atoms with Crippen LogP contribution < -0.4 is 5.73 Å². The monoisotopic (exact) mass is 221 g/mol. The Morgan fingerprint density at radius 2 is 2.20 bits per heavy atom. The maximum atomic E-state index is 5.65. The van der Waals surface area contributed by atoms with Crippen LogP contribution in [0.2, 0.25) is 0 Å². The van der Waals surface area contributed by atoms with E-state index in [4.69, 9.17) is 5.73 Å². The van der Waals surface area contributed by atoms with Crippen LogP contribution in [0.5, 0.6) is 0 Å². The van der Waals surface area contributed by atoms with Gasteiger partial charge < -0.3 is 5.73 Å². The molecule has 6 heteroatoms. The van der Waals surface area contributed by atoms with Crippen molar-refractivity contribution < 1.29 is 0 Å². The van der Waals surface area contributed by atoms with Crippen molar-refractivity contribution in [3.8, 4) is 0 Å². The second-order valence-electron chi connectivity index (χ2n) is 3.00. The van der Waals surface area contributed by atoms with E-state index < -0.39 is 0 Å². The summed E-state index contributed by atoms with van der Waals surface area (Å²) < 4.78 is 1.64. The van der Waals surface area contributed by atoms with Crippen molar-refractivity contribution in [1.82, 2.24) is 20.2 Å². The molecule has 0 spiro atoms. The van der Waals surface area contributed by atoms with E-state index in [2.05, 4.69) is 15.5 Å². The topological polar surface area (TPSA) is 69.6 Å². The van der Waals surface area contributed by atoms with Crippen LogP contribution in [0.25, 0.3) is 0 Å². The van der Waals surface area contributed by atoms with Gasteiger partial charge in [0.25, 0.3) is 0 Å². The molecular weight excluding hydrogens is 210 g/mol. The zero-order chi connectivity index (χ0) is 10.7. The summed E-state index contributed by atoms with van der Waals surface area (Å²) in [6.45, 7) is 0.522. The molecule has 5 nitrogen and oxygen atoms in total. The van der Waals surface area contributed by atoms with Crippen molar-refractivity contribution in [3.63, 3.8) is 0 Å². The molecule has 1 aromatic carbocycles. The first-order valence-corrected chi connectivity index (χ1v) is 5.31. The minimum atomic E-state index is 0.522. The molecule has 0 aliphatic carbocycles. The van der Waals surface area contributed by atoms with E-state index >= 15 is 0 Å². The molecule has 0 radical (unpaired) electrons. The molecule has 0 bridgehead atoms. The molecular formula is C9H11N5S. The first kappa shape index (κ1) is 10.1. The van der Waals surface area contributed by atoms with Crippen LogP contribution in [0.15, 0.2) is 34.3 Å². The summed E-state index contributed by atoms with van der Waals surface area (Å²) in [5.41, 5.74) is 6.75. The van der Waals surface area contributed by atoms with E-state index in [-0.39, 0.29) is 0 Å². The Morgan fingerprint density at radius 1 is 1.40 bits per heavy atom. The van der Waals surface area contributed by atoms with Crippen molar-refractivity contribution >= 4 is 11.8 Å². The Hall–Kier alpha value is -1.40. The van der Waals surface area contributed by atoms with Crippen LogP contribution >= 0.6 is 11.8 Å². The highest BCUT2D eigenvalue weighted by atomic mass is 32.2. The minimum absolute atomic E-state index is 0.522. The van der Waals surface area contributed by atoms with Gasteiger partial charge in [-0.1, -0.05) is 18.2 Å². The lowest BCUT2D eigenvalue weighted by atomic mass is 10.2. The van der Waals surface area contributed by atoms with Gasteiger partial charge in [0.1, 0.15) is 0 Å². The van der Waals surface area contributed by atoms with Crippen LogP contribution in [0.1, 0.15) is 5.56 Å². The van der Waals surface area contributed by atoms with Crippen molar-refractivity contribution in [2.24, 2.45) is 12.8 Å². The Balaban J connectivity index is 2.28. The van der Waals surface area contributed by atoms with Gasteiger partial charge in [0.05, 0.1) is 0 Å². The molecule has 0 amide bonds. The summed E-state index contributed by atoms with van der Waals surface area (Å²) >= 11 is 1.52. The largest absolute Gasteiger partial charge is 0.326 e. The number of tetrazole rings is 1. The standard InChI is InChI=1S/C9H11N5S/c1-14-9(11-12-13-14)15-8-5-3-2-4-7(8)6-10/h2-5H,6,10H2,1H3. The van der Waals surface area contributed by atoms with E-state index in [1.807, 2.05) is 31.3 Å². The van der Waals surface area contributed by atoms with E-state index in [9.17, 15) is 0 Å². The van der Waals surface area contributed by atoms with Crippen LogP contribution in [-0.4, -0.2) is 20.2 Å². The number of hydrogen-bond donors (Lipinski definition) is 1. The number of nitrogens with two attached hydrogens (primary N) is 1. The fraction of sp³-hybridized carbons (Fsp3) is 0.222. The van der Waals surface area contributed by atoms with Crippen molar-refractivity contribution in [2.75, 3.05) is 0 Å². The first-order chi connectivity index (χ1) is 7.31. The van der Waals surface area contributed by atoms with Crippen LogP contribution in [0, 0.1) is 0 Å². The van der Waals surface area contributed by atoms with Crippen molar-refractivity contribution in [1.29, 1.82) is 0 Å². The van der Waals surface area contributed by atoms with Gasteiger partial charge in [0, 0.05) is 18.5 Å². The third-order valence-corrected chi connectivity index (χ3v) is 3.12. The molecule has 2 rings (SSSR count). The van der Waals surface area contributed by atoms with E-state index in [0.29, 0.717) is 6.54 Å². The average Bonchev–Trinajstić information content (AvgIpc) is 2.65. The summed E-state index contributed by atoms with van der Waals surface area (Å²) in [5, 5.41) is 12.0. The smallest absolute Gasteiger partial charge is 0.213 e. The highest BCUT2D eigenvalue weighted by Gasteiger charge is 2.07. The Bertz CT molecular complexity index is 453. The lowest BCUT2D eigenvalue weighted by molar-refractivity contribution is 0.664. The van der Waals surface area contributed by atoms with Gasteiger partial charge in [-0.05, 0) is 33.8 Å². The third kappa shape index (κ3) is 2.16. The number of hydrogen-bond acceptors (Lipinski definition) is 5. The lowest BCUT2D eigenvalue weighted by Crippen LogP contribution is -1.99. The second kappa shape index (κ2) is 4.41. The fourth-order valence-electron chi connectivity index (χ4n) is 1.18. The first-order valence-electron chi connectivity index (χ1n) is 4.49. The summed E-state index contributed by atoms with van der Waals surface area (Å²) in [7, 11) is 1.81. The summed E-state index contributed by atoms with van der Waals surface area (Å²) in [6.07, 6.45) is 0. The van der Waals surface area contributed by atoms with Gasteiger partial charge in [0.2, 0.25) is 5.16 Å². The maximum absolute atomic E-state index is 5.65. The van der Waals surface area contributed by atoms with Crippen LogP contribution in [0.3, 0.4) is 0 Å². The minimum Gasteiger partial charge on any atom is -0.326 e. The molecule has 0 atom stereocenters. The number of aryl methyl sites for hydroxylation is 1. The zero-order valence-corrected chi connectivity index (χ0v) is 9.11.